The lowest BCUT2D eigenvalue weighted by Crippen LogP contribution is -2.42. The van der Waals surface area contributed by atoms with Gasteiger partial charge in [-0.2, -0.15) is 0 Å². The van der Waals surface area contributed by atoms with Gasteiger partial charge in [0.2, 0.25) is 0 Å². The number of carbonyl (C=O) groups excluding carboxylic acids is 1. The SMILES string of the molecule is CC(C)S(=O)(=O)c1ccc(CNC(=O)NC2CCCCC2)cc1. The van der Waals surface area contributed by atoms with E-state index in [4.69, 9.17) is 0 Å². The molecule has 2 N–H and O–H groups in total. The maximum atomic E-state index is 12.1. The van der Waals surface area contributed by atoms with Crippen LogP contribution in [0.15, 0.2) is 29.2 Å². The van der Waals surface area contributed by atoms with E-state index < -0.39 is 15.1 Å². The minimum Gasteiger partial charge on any atom is -0.335 e. The highest BCUT2D eigenvalue weighted by Crippen LogP contribution is 2.18. The highest BCUT2D eigenvalue weighted by molar-refractivity contribution is 7.92. The van der Waals surface area contributed by atoms with E-state index >= 15 is 0 Å². The Morgan fingerprint density at radius 2 is 1.74 bits per heavy atom. The first-order valence-electron chi connectivity index (χ1n) is 8.27. The van der Waals surface area contributed by atoms with E-state index in [0.717, 1.165) is 18.4 Å². The normalized spacial score (nSPS) is 16.3. The lowest BCUT2D eigenvalue weighted by Gasteiger charge is -2.22. The zero-order valence-electron chi connectivity index (χ0n) is 13.8. The molecule has 1 saturated carbocycles. The molecule has 0 radical (unpaired) electrons. The molecule has 1 aromatic carbocycles. The number of hydrogen-bond acceptors (Lipinski definition) is 3. The molecule has 128 valence electrons. The zero-order valence-corrected chi connectivity index (χ0v) is 14.7. The summed E-state index contributed by atoms with van der Waals surface area (Å²) in [5.74, 6) is 0. The molecule has 0 heterocycles. The molecule has 5 nitrogen and oxygen atoms in total. The van der Waals surface area contributed by atoms with Crippen molar-refractivity contribution in [1.82, 2.24) is 10.6 Å². The number of amides is 2. The van der Waals surface area contributed by atoms with Gasteiger partial charge in [0.25, 0.3) is 0 Å². The third kappa shape index (κ3) is 4.96. The van der Waals surface area contributed by atoms with Crippen molar-refractivity contribution >= 4 is 15.9 Å². The Balaban J connectivity index is 1.85. The second-order valence-electron chi connectivity index (χ2n) is 6.40. The summed E-state index contributed by atoms with van der Waals surface area (Å²) in [4.78, 5) is 12.2. The van der Waals surface area contributed by atoms with E-state index in [2.05, 4.69) is 10.6 Å². The summed E-state index contributed by atoms with van der Waals surface area (Å²) in [5, 5.41) is 5.38. The Hall–Kier alpha value is -1.56. The first-order valence-corrected chi connectivity index (χ1v) is 9.81. The Bertz CT molecular complexity index is 618. The fourth-order valence-corrected chi connectivity index (χ4v) is 3.79. The van der Waals surface area contributed by atoms with E-state index in [-0.39, 0.29) is 12.1 Å². The monoisotopic (exact) mass is 338 g/mol. The highest BCUT2D eigenvalue weighted by Gasteiger charge is 2.19. The molecule has 0 bridgehead atoms. The Morgan fingerprint density at radius 1 is 1.13 bits per heavy atom. The van der Waals surface area contributed by atoms with E-state index in [9.17, 15) is 13.2 Å². The number of benzene rings is 1. The molecule has 0 aromatic heterocycles. The molecule has 0 aliphatic heterocycles. The number of urea groups is 1. The van der Waals surface area contributed by atoms with Gasteiger partial charge in [-0.25, -0.2) is 13.2 Å². The summed E-state index contributed by atoms with van der Waals surface area (Å²) in [6.45, 7) is 3.72. The van der Waals surface area contributed by atoms with Crippen LogP contribution in [0.25, 0.3) is 0 Å². The van der Waals surface area contributed by atoms with Crippen LogP contribution in [0.3, 0.4) is 0 Å². The predicted molar refractivity (Wildman–Crippen MR) is 91.0 cm³/mol. The number of nitrogens with one attached hydrogen (secondary N) is 2. The largest absolute Gasteiger partial charge is 0.335 e. The van der Waals surface area contributed by atoms with Crippen molar-refractivity contribution in [3.05, 3.63) is 29.8 Å². The van der Waals surface area contributed by atoms with Crippen LogP contribution in [-0.4, -0.2) is 25.7 Å². The van der Waals surface area contributed by atoms with Crippen molar-refractivity contribution in [1.29, 1.82) is 0 Å². The van der Waals surface area contributed by atoms with E-state index in [1.165, 1.54) is 19.3 Å². The van der Waals surface area contributed by atoms with Crippen LogP contribution in [0, 0.1) is 0 Å². The van der Waals surface area contributed by atoms with Gasteiger partial charge in [-0.1, -0.05) is 31.4 Å². The molecular weight excluding hydrogens is 312 g/mol. The van der Waals surface area contributed by atoms with Crippen LogP contribution < -0.4 is 10.6 Å². The molecular formula is C17H26N2O3S. The van der Waals surface area contributed by atoms with Crippen LogP contribution in [-0.2, 0) is 16.4 Å². The number of carbonyl (C=O) groups is 1. The summed E-state index contributed by atoms with van der Waals surface area (Å²) in [5.41, 5.74) is 0.881. The van der Waals surface area contributed by atoms with Gasteiger partial charge >= 0.3 is 6.03 Å². The first kappa shape index (κ1) is 17.8. The van der Waals surface area contributed by atoms with E-state index in [0.29, 0.717) is 11.4 Å². The average Bonchev–Trinajstić information content (AvgIpc) is 2.54. The van der Waals surface area contributed by atoms with Crippen LogP contribution in [0.5, 0.6) is 0 Å². The summed E-state index contributed by atoms with van der Waals surface area (Å²) in [6, 6.07) is 6.82. The van der Waals surface area contributed by atoms with E-state index in [1.807, 2.05) is 0 Å². The van der Waals surface area contributed by atoms with Crippen LogP contribution in [0.4, 0.5) is 4.79 Å². The molecule has 6 heteroatoms. The van der Waals surface area contributed by atoms with Crippen molar-refractivity contribution in [3.63, 3.8) is 0 Å². The van der Waals surface area contributed by atoms with Crippen LogP contribution in [0.2, 0.25) is 0 Å². The quantitative estimate of drug-likeness (QED) is 0.866. The zero-order chi connectivity index (χ0) is 16.9. The summed E-state index contributed by atoms with van der Waals surface area (Å²) >= 11 is 0. The van der Waals surface area contributed by atoms with Gasteiger partial charge in [0.15, 0.2) is 9.84 Å². The van der Waals surface area contributed by atoms with Gasteiger partial charge < -0.3 is 10.6 Å². The summed E-state index contributed by atoms with van der Waals surface area (Å²) in [7, 11) is -3.24. The molecule has 1 aliphatic rings. The Labute approximate surface area is 138 Å². The van der Waals surface area contributed by atoms with Gasteiger partial charge in [0.1, 0.15) is 0 Å². The maximum absolute atomic E-state index is 12.1. The predicted octanol–water partition coefficient (Wildman–Crippen LogP) is 3.00. The minimum absolute atomic E-state index is 0.157. The molecule has 1 aliphatic carbocycles. The first-order chi connectivity index (χ1) is 10.9. The molecule has 1 fully saturated rings. The molecule has 1 aromatic rings. The molecule has 2 amide bonds. The van der Waals surface area contributed by atoms with Gasteiger partial charge in [-0.3, -0.25) is 0 Å². The molecule has 0 saturated heterocycles. The maximum Gasteiger partial charge on any atom is 0.315 e. The van der Waals surface area contributed by atoms with Crippen molar-refractivity contribution in [2.24, 2.45) is 0 Å². The number of rotatable bonds is 5. The fraction of sp³-hybridized carbons (Fsp3) is 0.588. The summed E-state index contributed by atoms with van der Waals surface area (Å²) < 4.78 is 24.1. The third-order valence-electron chi connectivity index (χ3n) is 4.27. The fourth-order valence-electron chi connectivity index (χ4n) is 2.73. The molecule has 0 unspecified atom stereocenters. The molecule has 0 spiro atoms. The smallest absolute Gasteiger partial charge is 0.315 e. The number of sulfone groups is 1. The van der Waals surface area contributed by atoms with Gasteiger partial charge in [0, 0.05) is 12.6 Å². The van der Waals surface area contributed by atoms with Crippen LogP contribution >= 0.6 is 0 Å². The minimum atomic E-state index is -3.24. The second kappa shape index (κ2) is 7.81. The van der Waals surface area contributed by atoms with Gasteiger partial charge in [-0.15, -0.1) is 0 Å². The number of hydrogen-bond donors (Lipinski definition) is 2. The van der Waals surface area contributed by atoms with Crippen LogP contribution in [0.1, 0.15) is 51.5 Å². The van der Waals surface area contributed by atoms with Crippen molar-refractivity contribution in [3.8, 4) is 0 Å². The standard InChI is InChI=1S/C17H26N2O3S/c1-13(2)23(21,22)16-10-8-14(9-11-16)12-18-17(20)19-15-6-4-3-5-7-15/h8-11,13,15H,3-7,12H2,1-2H3,(H2,18,19,20). The Kier molecular flexibility index (Phi) is 6.04. The van der Waals surface area contributed by atoms with Gasteiger partial charge in [0.05, 0.1) is 10.1 Å². The van der Waals surface area contributed by atoms with Crippen molar-refractivity contribution in [2.75, 3.05) is 0 Å². The Morgan fingerprint density at radius 3 is 2.30 bits per heavy atom. The summed E-state index contributed by atoms with van der Waals surface area (Å²) in [6.07, 6.45) is 5.71. The lowest BCUT2D eigenvalue weighted by atomic mass is 9.96. The topological polar surface area (TPSA) is 75.3 Å². The molecule has 0 atom stereocenters. The van der Waals surface area contributed by atoms with E-state index in [1.54, 1.807) is 38.1 Å². The molecule has 2 rings (SSSR count). The highest BCUT2D eigenvalue weighted by atomic mass is 32.2. The second-order valence-corrected chi connectivity index (χ2v) is 8.90. The van der Waals surface area contributed by atoms with Gasteiger partial charge in [-0.05, 0) is 44.4 Å². The third-order valence-corrected chi connectivity index (χ3v) is 6.44. The average molecular weight is 338 g/mol. The van der Waals surface area contributed by atoms with Crippen molar-refractivity contribution < 1.29 is 13.2 Å². The van der Waals surface area contributed by atoms with Crippen molar-refractivity contribution in [2.45, 2.75) is 68.7 Å². The lowest BCUT2D eigenvalue weighted by molar-refractivity contribution is 0.232. The molecule has 23 heavy (non-hydrogen) atoms.